The molecule has 1 aromatic carbocycles. The molecule has 0 fully saturated rings. The summed E-state index contributed by atoms with van der Waals surface area (Å²) in [5.74, 6) is 1.64. The van der Waals surface area contributed by atoms with Crippen molar-refractivity contribution in [3.05, 3.63) is 39.5 Å². The van der Waals surface area contributed by atoms with Crippen molar-refractivity contribution in [2.45, 2.75) is 20.0 Å². The molecule has 1 aliphatic rings. The average molecular weight is 334 g/mol. The second-order valence-corrected chi connectivity index (χ2v) is 5.69. The third-order valence-corrected chi connectivity index (χ3v) is 4.37. The number of aromatic nitrogens is 2. The summed E-state index contributed by atoms with van der Waals surface area (Å²) < 4.78 is 6.59. The zero-order valence-corrected chi connectivity index (χ0v) is 13.1. The molecule has 0 amide bonds. The normalized spacial score (nSPS) is 13.9. The van der Waals surface area contributed by atoms with Gasteiger partial charge in [0, 0.05) is 29.1 Å². The van der Waals surface area contributed by atoms with Gasteiger partial charge in [-0.05, 0) is 24.6 Å². The number of aryl methyl sites for hydroxylation is 1. The molecular formula is C15H16BrN3O. The Balaban J connectivity index is 2.11. The summed E-state index contributed by atoms with van der Waals surface area (Å²) >= 11 is 3.52. The summed E-state index contributed by atoms with van der Waals surface area (Å²) in [6.07, 6.45) is 0.842. The molecule has 104 valence electrons. The van der Waals surface area contributed by atoms with E-state index in [0.717, 1.165) is 46.0 Å². The number of nitrogens with zero attached hydrogens (tertiary/aromatic N) is 2. The highest BCUT2D eigenvalue weighted by Crippen LogP contribution is 2.27. The van der Waals surface area contributed by atoms with Crippen LogP contribution in [0.5, 0.6) is 0 Å². The van der Waals surface area contributed by atoms with E-state index in [1.807, 2.05) is 19.2 Å². The number of ether oxygens (including phenoxy) is 1. The summed E-state index contributed by atoms with van der Waals surface area (Å²) in [5, 5.41) is 3.15. The first-order valence-corrected chi connectivity index (χ1v) is 7.40. The fourth-order valence-electron chi connectivity index (χ4n) is 2.35. The first kappa shape index (κ1) is 13.5. The van der Waals surface area contributed by atoms with E-state index in [1.54, 1.807) is 0 Å². The molecule has 0 saturated heterocycles. The lowest BCUT2D eigenvalue weighted by atomic mass is 10.1. The Hall–Kier alpha value is -1.46. The Bertz CT molecular complexity index is 641. The number of hydrogen-bond acceptors (Lipinski definition) is 4. The smallest absolute Gasteiger partial charge is 0.161 e. The van der Waals surface area contributed by atoms with Gasteiger partial charge in [0.05, 0.1) is 18.9 Å². The van der Waals surface area contributed by atoms with Crippen molar-refractivity contribution in [3.63, 3.8) is 0 Å². The van der Waals surface area contributed by atoms with E-state index in [2.05, 4.69) is 39.2 Å². The molecule has 4 nitrogen and oxygen atoms in total. The predicted octanol–water partition coefficient (Wildman–Crippen LogP) is 3.33. The maximum absolute atomic E-state index is 5.49. The van der Waals surface area contributed by atoms with Gasteiger partial charge < -0.3 is 10.1 Å². The summed E-state index contributed by atoms with van der Waals surface area (Å²) in [4.78, 5) is 9.34. The van der Waals surface area contributed by atoms with Gasteiger partial charge in [0.25, 0.3) is 0 Å². The van der Waals surface area contributed by atoms with Crippen LogP contribution in [0.25, 0.3) is 11.4 Å². The molecule has 0 spiro atoms. The highest BCUT2D eigenvalue weighted by Gasteiger charge is 2.18. The quantitative estimate of drug-likeness (QED) is 0.915. The van der Waals surface area contributed by atoms with E-state index in [1.165, 1.54) is 5.56 Å². The number of halogens is 1. The van der Waals surface area contributed by atoms with Crippen molar-refractivity contribution in [3.8, 4) is 11.4 Å². The molecule has 2 aromatic rings. The van der Waals surface area contributed by atoms with Crippen LogP contribution in [-0.2, 0) is 17.8 Å². The third-order valence-electron chi connectivity index (χ3n) is 3.48. The Kier molecular flexibility index (Phi) is 3.72. The summed E-state index contributed by atoms with van der Waals surface area (Å²) in [6.45, 7) is 3.38. The first-order valence-electron chi connectivity index (χ1n) is 6.61. The number of nitrogens with one attached hydrogen (secondary N) is 1. The Morgan fingerprint density at radius 2 is 2.15 bits per heavy atom. The summed E-state index contributed by atoms with van der Waals surface area (Å²) in [6, 6.07) is 6.18. The minimum absolute atomic E-state index is 0.588. The number of benzene rings is 1. The monoisotopic (exact) mass is 333 g/mol. The lowest BCUT2D eigenvalue weighted by Gasteiger charge is -2.19. The van der Waals surface area contributed by atoms with Crippen molar-refractivity contribution in [1.29, 1.82) is 0 Å². The maximum Gasteiger partial charge on any atom is 0.161 e. The molecule has 1 N–H and O–H groups in total. The van der Waals surface area contributed by atoms with Crippen LogP contribution in [0.15, 0.2) is 22.7 Å². The fourth-order valence-corrected chi connectivity index (χ4v) is 2.60. The van der Waals surface area contributed by atoms with E-state index >= 15 is 0 Å². The van der Waals surface area contributed by atoms with Crippen LogP contribution in [0.2, 0.25) is 0 Å². The van der Waals surface area contributed by atoms with Crippen LogP contribution in [0.3, 0.4) is 0 Å². The van der Waals surface area contributed by atoms with Crippen molar-refractivity contribution in [2.75, 3.05) is 19.0 Å². The zero-order valence-electron chi connectivity index (χ0n) is 11.5. The number of fused-ring (bicyclic) bond motifs is 1. The SMILES string of the molecule is CNc1nc(-c2ccc(Br)c(C)c2)nc2c1COCC2. The molecule has 3 rings (SSSR count). The largest absolute Gasteiger partial charge is 0.376 e. The molecule has 2 heterocycles. The third kappa shape index (κ3) is 2.43. The highest BCUT2D eigenvalue weighted by molar-refractivity contribution is 9.10. The predicted molar refractivity (Wildman–Crippen MR) is 82.8 cm³/mol. The van der Waals surface area contributed by atoms with Crippen LogP contribution < -0.4 is 5.32 Å². The first-order chi connectivity index (χ1) is 9.69. The molecule has 0 unspecified atom stereocenters. The van der Waals surface area contributed by atoms with E-state index in [0.29, 0.717) is 6.61 Å². The van der Waals surface area contributed by atoms with Crippen LogP contribution in [0, 0.1) is 6.92 Å². The lowest BCUT2D eigenvalue weighted by molar-refractivity contribution is 0.109. The van der Waals surface area contributed by atoms with Crippen molar-refractivity contribution >= 4 is 21.7 Å². The van der Waals surface area contributed by atoms with Crippen LogP contribution in [0.4, 0.5) is 5.82 Å². The van der Waals surface area contributed by atoms with E-state index in [4.69, 9.17) is 9.72 Å². The second kappa shape index (κ2) is 5.50. The summed E-state index contributed by atoms with van der Waals surface area (Å²) in [7, 11) is 1.88. The summed E-state index contributed by atoms with van der Waals surface area (Å²) in [5.41, 5.74) is 4.39. The molecule has 1 aliphatic heterocycles. The van der Waals surface area contributed by atoms with Crippen LogP contribution in [-0.4, -0.2) is 23.6 Å². The molecule has 0 radical (unpaired) electrons. The highest BCUT2D eigenvalue weighted by atomic mass is 79.9. The van der Waals surface area contributed by atoms with Gasteiger partial charge in [-0.2, -0.15) is 0 Å². The van der Waals surface area contributed by atoms with Crippen molar-refractivity contribution in [2.24, 2.45) is 0 Å². The second-order valence-electron chi connectivity index (χ2n) is 4.84. The molecule has 5 heteroatoms. The number of hydrogen-bond donors (Lipinski definition) is 1. The van der Waals surface area contributed by atoms with Crippen LogP contribution in [0.1, 0.15) is 16.8 Å². The molecule has 0 bridgehead atoms. The van der Waals surface area contributed by atoms with E-state index in [-0.39, 0.29) is 0 Å². The molecule has 0 aliphatic carbocycles. The number of rotatable bonds is 2. The van der Waals surface area contributed by atoms with Gasteiger partial charge in [-0.15, -0.1) is 0 Å². The van der Waals surface area contributed by atoms with Crippen molar-refractivity contribution < 1.29 is 4.74 Å². The van der Waals surface area contributed by atoms with E-state index in [9.17, 15) is 0 Å². The molecule has 0 saturated carbocycles. The van der Waals surface area contributed by atoms with Gasteiger partial charge in [0.2, 0.25) is 0 Å². The molecular weight excluding hydrogens is 318 g/mol. The topological polar surface area (TPSA) is 47.0 Å². The van der Waals surface area contributed by atoms with Crippen LogP contribution >= 0.6 is 15.9 Å². The maximum atomic E-state index is 5.49. The Labute approximate surface area is 126 Å². The van der Waals surface area contributed by atoms with Crippen molar-refractivity contribution in [1.82, 2.24) is 9.97 Å². The van der Waals surface area contributed by atoms with Gasteiger partial charge in [-0.1, -0.05) is 22.0 Å². The molecule has 1 aromatic heterocycles. The van der Waals surface area contributed by atoms with Gasteiger partial charge in [0.15, 0.2) is 5.82 Å². The van der Waals surface area contributed by atoms with E-state index < -0.39 is 0 Å². The lowest BCUT2D eigenvalue weighted by Crippen LogP contribution is -2.16. The standard InChI is InChI=1S/C15H16BrN3O/c1-9-7-10(3-4-12(9)16)14-18-13-5-6-20-8-11(13)15(17-2)19-14/h3-4,7H,5-6,8H2,1-2H3,(H,17,18,19). The van der Waals surface area contributed by atoms with Gasteiger partial charge in [0.1, 0.15) is 5.82 Å². The number of anilines is 1. The molecule has 20 heavy (non-hydrogen) atoms. The van der Waals surface area contributed by atoms with Gasteiger partial charge >= 0.3 is 0 Å². The van der Waals surface area contributed by atoms with Gasteiger partial charge in [-0.25, -0.2) is 9.97 Å². The van der Waals surface area contributed by atoms with Gasteiger partial charge in [-0.3, -0.25) is 0 Å². The average Bonchev–Trinajstić information content (AvgIpc) is 2.49. The minimum atomic E-state index is 0.588. The zero-order chi connectivity index (χ0) is 14.1. The molecule has 0 atom stereocenters. The minimum Gasteiger partial charge on any atom is -0.376 e. The fraction of sp³-hybridized carbons (Fsp3) is 0.333. The Morgan fingerprint density at radius 1 is 1.30 bits per heavy atom. The Morgan fingerprint density at radius 3 is 2.90 bits per heavy atom.